The van der Waals surface area contributed by atoms with Gasteiger partial charge in [0.25, 0.3) is 11.8 Å². The minimum atomic E-state index is -0.329. The highest BCUT2D eigenvalue weighted by Gasteiger charge is 2.34. The fourth-order valence-corrected chi connectivity index (χ4v) is 6.22. The molecule has 0 fully saturated rings. The van der Waals surface area contributed by atoms with E-state index in [0.717, 1.165) is 24.1 Å². The first-order chi connectivity index (χ1) is 14.0. The predicted molar refractivity (Wildman–Crippen MR) is 126 cm³/mol. The number of halogens is 1. The van der Waals surface area contributed by atoms with Crippen molar-refractivity contribution in [3.05, 3.63) is 70.8 Å². The van der Waals surface area contributed by atoms with E-state index in [0.29, 0.717) is 23.7 Å². The van der Waals surface area contributed by atoms with Gasteiger partial charge < -0.3 is 8.85 Å². The number of nitrogens with two attached hydrogens (primary N) is 1. The molecule has 0 bridgehead atoms. The number of benzene rings is 2. The molecule has 2 N–H and O–H groups in total. The van der Waals surface area contributed by atoms with Gasteiger partial charge in [0.1, 0.15) is 0 Å². The molecule has 2 aromatic rings. The monoisotopic (exact) mass is 501 g/mol. The van der Waals surface area contributed by atoms with E-state index in [1.165, 1.54) is 16.2 Å². The summed E-state index contributed by atoms with van der Waals surface area (Å²) in [6, 6.07) is 13.7. The fraction of sp³-hybridized carbons (Fsp3) is 0.261. The van der Waals surface area contributed by atoms with Crippen LogP contribution in [0.25, 0.3) is 5.70 Å². The molecule has 29 heavy (non-hydrogen) atoms. The molecule has 2 aliphatic rings. The quantitative estimate of drug-likeness (QED) is 0.378. The predicted octanol–water partition coefficient (Wildman–Crippen LogP) is 4.27. The maximum absolute atomic E-state index is 12.5. The summed E-state index contributed by atoms with van der Waals surface area (Å²) in [4.78, 5) is 26.5. The van der Waals surface area contributed by atoms with Gasteiger partial charge in [-0.25, -0.2) is 0 Å². The van der Waals surface area contributed by atoms with Gasteiger partial charge in [0.15, 0.2) is 0 Å². The van der Waals surface area contributed by atoms with Gasteiger partial charge in [-0.3, -0.25) is 14.5 Å². The lowest BCUT2D eigenvalue weighted by Crippen LogP contribution is -2.32. The van der Waals surface area contributed by atoms with E-state index in [1.807, 2.05) is 6.08 Å². The summed E-state index contributed by atoms with van der Waals surface area (Å²) in [7, 11) is 0. The van der Waals surface area contributed by atoms with E-state index in [1.54, 1.807) is 24.3 Å². The molecule has 5 nitrogen and oxygen atoms in total. The Kier molecular flexibility index (Phi) is 5.54. The number of anilines is 1. The molecular weight excluding hydrogens is 477 g/mol. The Morgan fingerprint density at radius 2 is 1.72 bits per heavy atom. The Hall–Kier alpha value is -2.48. The minimum Gasteiger partial charge on any atom is -0.398 e. The van der Waals surface area contributed by atoms with Gasteiger partial charge in [0, 0.05) is 23.8 Å². The number of allylic oxidation sites excluding steroid dienone is 1. The maximum Gasteiger partial charge on any atom is 0.261 e. The van der Waals surface area contributed by atoms with Crippen molar-refractivity contribution >= 4 is 48.2 Å². The topological polar surface area (TPSA) is 66.6 Å². The van der Waals surface area contributed by atoms with Crippen LogP contribution < -0.4 is 8.85 Å². The smallest absolute Gasteiger partial charge is 0.261 e. The number of imide groups is 1. The van der Waals surface area contributed by atoms with Crippen molar-refractivity contribution in [1.82, 2.24) is 4.90 Å². The second kappa shape index (κ2) is 8.10. The Labute approximate surface area is 181 Å². The number of fused-ring (bicyclic) bond motifs is 2. The molecule has 0 saturated carbocycles. The van der Waals surface area contributed by atoms with Crippen LogP contribution in [0.15, 0.2) is 48.5 Å². The van der Waals surface area contributed by atoms with Crippen LogP contribution in [0.3, 0.4) is 0 Å². The molecule has 6 heteroatoms. The van der Waals surface area contributed by atoms with Crippen LogP contribution in [0.1, 0.15) is 51.6 Å². The van der Waals surface area contributed by atoms with Gasteiger partial charge in [-0.2, -0.15) is 0 Å². The van der Waals surface area contributed by atoms with Crippen molar-refractivity contribution < 1.29 is 9.59 Å². The van der Waals surface area contributed by atoms with Crippen LogP contribution in [-0.2, 0) is 0 Å². The number of aryl methyl sites for hydroxylation is 1. The van der Waals surface area contributed by atoms with Gasteiger partial charge in [-0.05, 0) is 81.5 Å². The van der Waals surface area contributed by atoms with Crippen molar-refractivity contribution in [2.75, 3.05) is 9.66 Å². The Bertz CT molecular complexity index is 1010. The summed E-state index contributed by atoms with van der Waals surface area (Å²) in [6.07, 6.45) is 3.69. The first-order valence-corrected chi connectivity index (χ1v) is 12.0. The fourth-order valence-electron chi connectivity index (χ4n) is 3.80. The minimum absolute atomic E-state index is 0.174. The van der Waals surface area contributed by atoms with Crippen molar-refractivity contribution in [3.8, 4) is 0 Å². The standard InChI is InChI=1S/C23H24IN3O2/c1-15-9-10-19-20(25)11-12-24-27(21(19)14-15)16(2)6-5-13-26-22(28)17-7-3-4-8-18(17)23(26)29/h3-4,7-12,14,16H,5-6,13,25H2,1-2H3. The summed E-state index contributed by atoms with van der Waals surface area (Å²) in [5, 5.41) is 0. The first kappa shape index (κ1) is 19.8. The van der Waals surface area contributed by atoms with Gasteiger partial charge in [-0.15, -0.1) is 0 Å². The molecule has 0 aromatic heterocycles. The molecule has 0 saturated heterocycles. The van der Waals surface area contributed by atoms with Crippen molar-refractivity contribution in [2.24, 2.45) is 5.73 Å². The second-order valence-electron chi connectivity index (χ2n) is 7.48. The van der Waals surface area contributed by atoms with Crippen LogP contribution in [0.5, 0.6) is 0 Å². The lowest BCUT2D eigenvalue weighted by molar-refractivity contribution is 0.0651. The molecule has 2 aliphatic heterocycles. The molecule has 150 valence electrons. The SMILES string of the molecule is Cc1ccc2c(c1)N(C(C)CCCN1C(=O)c3ccccc3C1=O)I=CC=C2N. The van der Waals surface area contributed by atoms with Crippen LogP contribution in [0.2, 0.25) is 0 Å². The van der Waals surface area contributed by atoms with E-state index in [9.17, 15) is 9.59 Å². The average Bonchev–Trinajstić information content (AvgIpc) is 2.85. The van der Waals surface area contributed by atoms with Crippen LogP contribution in [0, 0.1) is 6.92 Å². The third kappa shape index (κ3) is 3.73. The van der Waals surface area contributed by atoms with E-state index < -0.39 is 0 Å². The Morgan fingerprint density at radius 3 is 2.41 bits per heavy atom. The molecule has 0 spiro atoms. The molecule has 2 amide bonds. The number of hydrogen-bond acceptors (Lipinski definition) is 4. The highest BCUT2D eigenvalue weighted by molar-refractivity contribution is 14.2. The highest BCUT2D eigenvalue weighted by atomic mass is 127. The molecule has 2 aromatic carbocycles. The first-order valence-electron chi connectivity index (χ1n) is 9.75. The number of rotatable bonds is 5. The lowest BCUT2D eigenvalue weighted by Gasteiger charge is -2.29. The lowest BCUT2D eigenvalue weighted by atomic mass is 10.0. The molecule has 1 atom stereocenters. The average molecular weight is 501 g/mol. The molecule has 2 heterocycles. The van der Waals surface area contributed by atoms with Crippen molar-refractivity contribution in [3.63, 3.8) is 0 Å². The van der Waals surface area contributed by atoms with Crippen LogP contribution >= 0.6 is 21.0 Å². The third-order valence-electron chi connectivity index (χ3n) is 5.37. The molecular formula is C23H24IN3O2. The van der Waals surface area contributed by atoms with Crippen LogP contribution in [-0.4, -0.2) is 33.3 Å². The van der Waals surface area contributed by atoms with Crippen LogP contribution in [0.4, 0.5) is 5.69 Å². The van der Waals surface area contributed by atoms with E-state index in [2.05, 4.69) is 39.2 Å². The van der Waals surface area contributed by atoms with Gasteiger partial charge in [0.05, 0.1) is 16.8 Å². The number of hydrogen-bond donors (Lipinski definition) is 1. The second-order valence-corrected chi connectivity index (χ2v) is 9.79. The number of carbonyl (C=O) groups is 2. The number of nitrogens with zero attached hydrogens (tertiary/aromatic N) is 2. The van der Waals surface area contributed by atoms with Crippen molar-refractivity contribution in [2.45, 2.75) is 32.7 Å². The van der Waals surface area contributed by atoms with E-state index in [4.69, 9.17) is 5.73 Å². The molecule has 1 unspecified atom stereocenters. The zero-order valence-electron chi connectivity index (χ0n) is 16.6. The normalized spacial score (nSPS) is 16.7. The van der Waals surface area contributed by atoms with Gasteiger partial charge in [-0.1, -0.05) is 24.3 Å². The molecule has 0 radical (unpaired) electrons. The molecule has 4 rings (SSSR count). The Morgan fingerprint density at radius 1 is 1.03 bits per heavy atom. The third-order valence-corrected chi connectivity index (χ3v) is 8.12. The number of amides is 2. The maximum atomic E-state index is 12.5. The summed E-state index contributed by atoms with van der Waals surface area (Å²) in [5.74, 6) is -0.349. The van der Waals surface area contributed by atoms with Gasteiger partial charge >= 0.3 is 0 Å². The Balaban J connectivity index is 1.44. The summed E-state index contributed by atoms with van der Waals surface area (Å²) in [5.41, 5.74) is 11.6. The summed E-state index contributed by atoms with van der Waals surface area (Å²) >= 11 is -0.329. The molecule has 0 aliphatic carbocycles. The van der Waals surface area contributed by atoms with E-state index >= 15 is 0 Å². The summed E-state index contributed by atoms with van der Waals surface area (Å²) < 4.78 is 4.66. The largest absolute Gasteiger partial charge is 0.398 e. The highest BCUT2D eigenvalue weighted by Crippen LogP contribution is 2.35. The zero-order chi connectivity index (χ0) is 20.5. The zero-order valence-corrected chi connectivity index (χ0v) is 18.7. The number of carbonyl (C=O) groups excluding carboxylic acids is 2. The van der Waals surface area contributed by atoms with Crippen molar-refractivity contribution in [1.29, 1.82) is 0 Å². The summed E-state index contributed by atoms with van der Waals surface area (Å²) in [6.45, 7) is 4.76. The van der Waals surface area contributed by atoms with Gasteiger partial charge in [0.2, 0.25) is 0 Å². The van der Waals surface area contributed by atoms with E-state index in [-0.39, 0.29) is 32.8 Å².